The van der Waals surface area contributed by atoms with Crippen molar-refractivity contribution < 1.29 is 4.79 Å². The van der Waals surface area contributed by atoms with Crippen molar-refractivity contribution in [2.24, 2.45) is 10.2 Å². The molecule has 0 aromatic rings. The molecule has 1 rings (SSSR count). The predicted molar refractivity (Wildman–Crippen MR) is 46.8 cm³/mol. The molecule has 0 N–H and O–H groups in total. The Hall–Kier alpha value is -2.11. The molecular weight excluding hydrogens is 188 g/mol. The van der Waals surface area contributed by atoms with Gasteiger partial charge in [-0.25, -0.2) is 4.79 Å². The number of azide groups is 2. The first kappa shape index (κ1) is 9.97. The maximum Gasteiger partial charge on any atom is 0.320 e. The Morgan fingerprint density at radius 1 is 1.14 bits per heavy atom. The van der Waals surface area contributed by atoms with Gasteiger partial charge in [-0.1, -0.05) is 10.2 Å². The molecule has 0 saturated carbocycles. The molecule has 1 saturated heterocycles. The lowest BCUT2D eigenvalue weighted by Crippen LogP contribution is -2.30. The van der Waals surface area contributed by atoms with E-state index in [2.05, 4.69) is 20.1 Å². The van der Waals surface area contributed by atoms with Crippen LogP contribution in [0.2, 0.25) is 0 Å². The Kier molecular flexibility index (Phi) is 2.66. The van der Waals surface area contributed by atoms with Gasteiger partial charge in [-0.15, -0.1) is 0 Å². The lowest BCUT2D eigenvalue weighted by atomic mass is 10.4. The maximum atomic E-state index is 11.4. The van der Waals surface area contributed by atoms with E-state index in [9.17, 15) is 4.79 Å². The van der Waals surface area contributed by atoms with Gasteiger partial charge in [-0.3, -0.25) is 0 Å². The third-order valence-corrected chi connectivity index (χ3v) is 2.00. The van der Waals surface area contributed by atoms with Gasteiger partial charge in [0.1, 0.15) is 12.3 Å². The van der Waals surface area contributed by atoms with Crippen LogP contribution in [0.5, 0.6) is 0 Å². The molecule has 14 heavy (non-hydrogen) atoms. The van der Waals surface area contributed by atoms with E-state index in [1.807, 2.05) is 0 Å². The van der Waals surface area contributed by atoms with E-state index in [-0.39, 0.29) is 6.03 Å². The molecule has 0 radical (unpaired) electrons. The Bertz CT molecular complexity index is 308. The van der Waals surface area contributed by atoms with Gasteiger partial charge in [-0.2, -0.15) is 0 Å². The minimum Gasteiger partial charge on any atom is -0.317 e. The highest BCUT2D eigenvalue weighted by Crippen LogP contribution is 2.21. The van der Waals surface area contributed by atoms with Crippen LogP contribution in [0.4, 0.5) is 4.79 Å². The van der Waals surface area contributed by atoms with E-state index in [4.69, 9.17) is 11.1 Å². The average Bonchev–Trinajstić information content (AvgIpc) is 2.36. The van der Waals surface area contributed by atoms with Crippen molar-refractivity contribution in [3.63, 3.8) is 0 Å². The van der Waals surface area contributed by atoms with Gasteiger partial charge in [0, 0.05) is 23.9 Å². The molecule has 9 heteroatoms. The van der Waals surface area contributed by atoms with Crippen LogP contribution in [0, 0.1) is 0 Å². The third-order valence-electron chi connectivity index (χ3n) is 2.00. The first-order chi connectivity index (χ1) is 6.63. The SMILES string of the molecule is CN1C(=O)N(C)C(N=[N+]=[N-])C1N=[N+]=[N-]. The predicted octanol–water partition coefficient (Wildman–Crippen LogP) is 1.26. The van der Waals surface area contributed by atoms with E-state index in [1.54, 1.807) is 0 Å². The summed E-state index contributed by atoms with van der Waals surface area (Å²) in [6, 6.07) is -0.347. The van der Waals surface area contributed by atoms with Crippen molar-refractivity contribution in [2.75, 3.05) is 14.1 Å². The van der Waals surface area contributed by atoms with Crippen molar-refractivity contribution in [1.82, 2.24) is 9.80 Å². The number of carbonyl (C=O) groups excluding carboxylic acids is 1. The average molecular weight is 196 g/mol. The van der Waals surface area contributed by atoms with E-state index in [0.29, 0.717) is 0 Å². The van der Waals surface area contributed by atoms with E-state index >= 15 is 0 Å². The molecule has 0 aromatic carbocycles. The number of rotatable bonds is 2. The monoisotopic (exact) mass is 196 g/mol. The minimum atomic E-state index is -0.784. The number of urea groups is 1. The quantitative estimate of drug-likeness (QED) is 0.368. The Labute approximate surface area is 79.1 Å². The van der Waals surface area contributed by atoms with Gasteiger partial charge in [0.15, 0.2) is 0 Å². The van der Waals surface area contributed by atoms with Crippen molar-refractivity contribution in [3.8, 4) is 0 Å². The van der Waals surface area contributed by atoms with Crippen molar-refractivity contribution in [2.45, 2.75) is 12.3 Å². The van der Waals surface area contributed by atoms with Crippen molar-refractivity contribution in [3.05, 3.63) is 20.9 Å². The fourth-order valence-electron chi connectivity index (χ4n) is 1.26. The molecule has 1 heterocycles. The number of hydrogen-bond acceptors (Lipinski definition) is 3. The number of nitrogens with zero attached hydrogens (tertiary/aromatic N) is 8. The Morgan fingerprint density at radius 3 is 1.79 bits per heavy atom. The standard InChI is InChI=1S/C5H8N8O/c1-12-3(8-10-6)4(9-11-7)13(2)5(12)14/h3-4H,1-2H3. The number of hydrogen-bond donors (Lipinski definition) is 0. The normalized spacial score (nSPS) is 25.7. The zero-order valence-electron chi connectivity index (χ0n) is 7.64. The topological polar surface area (TPSA) is 121 Å². The number of likely N-dealkylation sites (N-methyl/N-ethyl adjacent to an activating group) is 2. The molecule has 74 valence electrons. The van der Waals surface area contributed by atoms with Gasteiger partial charge in [0.25, 0.3) is 0 Å². The number of amides is 2. The van der Waals surface area contributed by atoms with Crippen LogP contribution >= 0.6 is 0 Å². The highest BCUT2D eigenvalue weighted by atomic mass is 16.2. The molecular formula is C5H8N8O. The molecule has 1 aliphatic rings. The summed E-state index contributed by atoms with van der Waals surface area (Å²) in [5.74, 6) is 0. The summed E-state index contributed by atoms with van der Waals surface area (Å²) in [4.78, 5) is 19.0. The van der Waals surface area contributed by atoms with Crippen LogP contribution in [-0.2, 0) is 0 Å². The largest absolute Gasteiger partial charge is 0.320 e. The summed E-state index contributed by atoms with van der Waals surface area (Å²) in [6.45, 7) is 0. The first-order valence-electron chi connectivity index (χ1n) is 3.71. The van der Waals surface area contributed by atoms with Crippen LogP contribution < -0.4 is 0 Å². The van der Waals surface area contributed by atoms with Crippen LogP contribution in [0.1, 0.15) is 0 Å². The fraction of sp³-hybridized carbons (Fsp3) is 0.800. The highest BCUT2D eigenvalue weighted by Gasteiger charge is 2.40. The Morgan fingerprint density at radius 2 is 1.50 bits per heavy atom. The molecule has 9 nitrogen and oxygen atoms in total. The van der Waals surface area contributed by atoms with E-state index < -0.39 is 12.3 Å². The molecule has 1 aliphatic heterocycles. The van der Waals surface area contributed by atoms with Gasteiger partial charge >= 0.3 is 6.03 Å². The minimum absolute atomic E-state index is 0.347. The lowest BCUT2D eigenvalue weighted by molar-refractivity contribution is 0.200. The summed E-state index contributed by atoms with van der Waals surface area (Å²) in [5.41, 5.74) is 16.5. The second-order valence-electron chi connectivity index (χ2n) is 2.74. The maximum absolute atomic E-state index is 11.4. The van der Waals surface area contributed by atoms with Crippen molar-refractivity contribution >= 4 is 6.03 Å². The molecule has 0 bridgehead atoms. The Balaban J connectivity index is 3.06. The van der Waals surface area contributed by atoms with Crippen LogP contribution in [0.3, 0.4) is 0 Å². The van der Waals surface area contributed by atoms with Gasteiger partial charge in [0.2, 0.25) is 0 Å². The molecule has 1 fully saturated rings. The molecule has 2 atom stereocenters. The van der Waals surface area contributed by atoms with Gasteiger partial charge in [-0.05, 0) is 11.1 Å². The van der Waals surface area contributed by atoms with Crippen molar-refractivity contribution in [1.29, 1.82) is 0 Å². The zero-order valence-corrected chi connectivity index (χ0v) is 7.64. The van der Waals surface area contributed by atoms with Crippen LogP contribution in [-0.4, -0.2) is 42.3 Å². The first-order valence-corrected chi connectivity index (χ1v) is 3.71. The molecule has 2 amide bonds. The summed E-state index contributed by atoms with van der Waals surface area (Å²) in [7, 11) is 2.95. The van der Waals surface area contributed by atoms with E-state index in [0.717, 1.165) is 0 Å². The van der Waals surface area contributed by atoms with Crippen LogP contribution in [0.25, 0.3) is 20.9 Å². The molecule has 0 aliphatic carbocycles. The summed E-state index contributed by atoms with van der Waals surface area (Å²) in [5, 5.41) is 6.77. The molecule has 0 spiro atoms. The molecule has 0 aromatic heterocycles. The fourth-order valence-corrected chi connectivity index (χ4v) is 1.26. The second kappa shape index (κ2) is 3.73. The summed E-state index contributed by atoms with van der Waals surface area (Å²) in [6.07, 6.45) is -1.57. The van der Waals surface area contributed by atoms with Crippen LogP contribution in [0.15, 0.2) is 10.2 Å². The van der Waals surface area contributed by atoms with Gasteiger partial charge < -0.3 is 9.80 Å². The smallest absolute Gasteiger partial charge is 0.317 e. The number of carbonyl (C=O) groups is 1. The third kappa shape index (κ3) is 1.37. The molecule has 2 unspecified atom stereocenters. The summed E-state index contributed by atoms with van der Waals surface area (Å²) >= 11 is 0. The van der Waals surface area contributed by atoms with E-state index in [1.165, 1.54) is 23.9 Å². The second-order valence-corrected chi connectivity index (χ2v) is 2.74. The van der Waals surface area contributed by atoms with Gasteiger partial charge in [0.05, 0.1) is 0 Å². The lowest BCUT2D eigenvalue weighted by Gasteiger charge is -2.14. The summed E-state index contributed by atoms with van der Waals surface area (Å²) < 4.78 is 0. The highest BCUT2D eigenvalue weighted by molar-refractivity contribution is 5.77. The zero-order chi connectivity index (χ0) is 10.7.